The SMILES string of the molecule is CCNC(=NCC(O)COC(C)c1ccccc1)N1CCN(c2ccccc2)CC1.I. The molecule has 0 spiro atoms. The molecular weight excluding hydrogens is 503 g/mol. The van der Waals surface area contributed by atoms with Gasteiger partial charge in [-0.2, -0.15) is 0 Å². The van der Waals surface area contributed by atoms with Crippen LogP contribution in [0, 0.1) is 0 Å². The molecule has 2 atom stereocenters. The number of nitrogens with one attached hydrogen (secondary N) is 1. The Morgan fingerprint density at radius 2 is 1.65 bits per heavy atom. The predicted molar refractivity (Wildman–Crippen MR) is 138 cm³/mol. The zero-order valence-electron chi connectivity index (χ0n) is 18.5. The molecule has 2 aromatic carbocycles. The van der Waals surface area contributed by atoms with Gasteiger partial charge in [-0.25, -0.2) is 0 Å². The maximum Gasteiger partial charge on any atom is 0.194 e. The second kappa shape index (κ2) is 13.5. The van der Waals surface area contributed by atoms with Crippen LogP contribution in [0.1, 0.15) is 25.5 Å². The number of hydrogen-bond acceptors (Lipinski definition) is 4. The van der Waals surface area contributed by atoms with Crippen molar-refractivity contribution in [3.8, 4) is 0 Å². The first-order chi connectivity index (χ1) is 14.7. The molecule has 6 nitrogen and oxygen atoms in total. The predicted octanol–water partition coefficient (Wildman–Crippen LogP) is 3.53. The highest BCUT2D eigenvalue weighted by atomic mass is 127. The summed E-state index contributed by atoms with van der Waals surface area (Å²) in [6.45, 7) is 9.16. The quantitative estimate of drug-likeness (QED) is 0.306. The molecule has 3 rings (SSSR count). The normalized spacial score (nSPS) is 16.4. The van der Waals surface area contributed by atoms with Gasteiger partial charge in [-0.15, -0.1) is 24.0 Å². The number of aliphatic hydroxyl groups excluding tert-OH is 1. The van der Waals surface area contributed by atoms with Crippen molar-refractivity contribution in [1.82, 2.24) is 10.2 Å². The monoisotopic (exact) mass is 538 g/mol. The highest BCUT2D eigenvalue weighted by molar-refractivity contribution is 14.0. The molecule has 2 unspecified atom stereocenters. The molecule has 1 saturated heterocycles. The maximum absolute atomic E-state index is 10.4. The molecule has 31 heavy (non-hydrogen) atoms. The van der Waals surface area contributed by atoms with Crippen molar-refractivity contribution in [3.63, 3.8) is 0 Å². The lowest BCUT2D eigenvalue weighted by atomic mass is 10.1. The van der Waals surface area contributed by atoms with E-state index in [1.165, 1.54) is 5.69 Å². The summed E-state index contributed by atoms with van der Waals surface area (Å²) in [5, 5.41) is 13.7. The Labute approximate surface area is 203 Å². The van der Waals surface area contributed by atoms with Crippen LogP contribution in [0.2, 0.25) is 0 Å². The highest BCUT2D eigenvalue weighted by Crippen LogP contribution is 2.17. The molecule has 0 aliphatic carbocycles. The number of guanidine groups is 1. The average molecular weight is 538 g/mol. The van der Waals surface area contributed by atoms with E-state index >= 15 is 0 Å². The number of benzene rings is 2. The Hall–Kier alpha value is -1.84. The third kappa shape index (κ3) is 7.97. The van der Waals surface area contributed by atoms with E-state index in [0.717, 1.165) is 44.2 Å². The van der Waals surface area contributed by atoms with E-state index in [4.69, 9.17) is 4.74 Å². The number of para-hydroxylation sites is 1. The van der Waals surface area contributed by atoms with Gasteiger partial charge in [0, 0.05) is 38.4 Å². The second-order valence-electron chi connectivity index (χ2n) is 7.54. The Morgan fingerprint density at radius 3 is 2.26 bits per heavy atom. The van der Waals surface area contributed by atoms with Gasteiger partial charge in [0.2, 0.25) is 0 Å². The topological polar surface area (TPSA) is 60.3 Å². The molecule has 0 bridgehead atoms. The smallest absolute Gasteiger partial charge is 0.194 e. The van der Waals surface area contributed by atoms with Crippen LogP contribution >= 0.6 is 24.0 Å². The van der Waals surface area contributed by atoms with Gasteiger partial charge in [-0.05, 0) is 31.5 Å². The Morgan fingerprint density at radius 1 is 1.03 bits per heavy atom. The fourth-order valence-electron chi connectivity index (χ4n) is 3.56. The van der Waals surface area contributed by atoms with Crippen LogP contribution in [-0.2, 0) is 4.74 Å². The fraction of sp³-hybridized carbons (Fsp3) is 0.458. The van der Waals surface area contributed by atoms with E-state index in [2.05, 4.69) is 51.3 Å². The number of piperazine rings is 1. The first kappa shape index (κ1) is 25.4. The molecule has 1 aliphatic heterocycles. The van der Waals surface area contributed by atoms with Gasteiger partial charge in [0.1, 0.15) is 0 Å². The molecule has 0 radical (unpaired) electrons. The standard InChI is InChI=1S/C24H34N4O2.HI/c1-3-25-24(28-16-14-27(15-17-28)22-12-8-5-9-13-22)26-18-23(29)19-30-20(2)21-10-6-4-7-11-21;/h4-13,20,23,29H,3,14-19H2,1-2H3,(H,25,26);1H. The van der Waals surface area contributed by atoms with Crippen LogP contribution in [0.15, 0.2) is 65.7 Å². The molecular formula is C24H35IN4O2. The van der Waals surface area contributed by atoms with Gasteiger partial charge in [0.25, 0.3) is 0 Å². The summed E-state index contributed by atoms with van der Waals surface area (Å²) >= 11 is 0. The summed E-state index contributed by atoms with van der Waals surface area (Å²) in [6.07, 6.45) is -0.681. The molecule has 1 fully saturated rings. The number of aliphatic hydroxyl groups is 1. The number of anilines is 1. The largest absolute Gasteiger partial charge is 0.389 e. The number of aliphatic imine (C=N–C) groups is 1. The van der Waals surface area contributed by atoms with Crippen molar-refractivity contribution in [3.05, 3.63) is 66.2 Å². The molecule has 0 amide bonds. The van der Waals surface area contributed by atoms with E-state index in [9.17, 15) is 5.11 Å². The van der Waals surface area contributed by atoms with Crippen molar-refractivity contribution in [2.24, 2.45) is 4.99 Å². The van der Waals surface area contributed by atoms with Gasteiger partial charge >= 0.3 is 0 Å². The minimum absolute atomic E-state index is 0. The molecule has 0 saturated carbocycles. The average Bonchev–Trinajstić information content (AvgIpc) is 2.81. The molecule has 1 aliphatic rings. The Balaban J connectivity index is 0.00000341. The molecule has 1 heterocycles. The third-order valence-corrected chi connectivity index (χ3v) is 5.29. The lowest BCUT2D eigenvalue weighted by Crippen LogP contribution is -2.52. The number of nitrogens with zero attached hydrogens (tertiary/aromatic N) is 3. The van der Waals surface area contributed by atoms with E-state index in [1.807, 2.05) is 43.3 Å². The summed E-state index contributed by atoms with van der Waals surface area (Å²) in [5.41, 5.74) is 2.37. The Bertz CT molecular complexity index is 768. The maximum atomic E-state index is 10.4. The van der Waals surface area contributed by atoms with Crippen LogP contribution in [0.5, 0.6) is 0 Å². The summed E-state index contributed by atoms with van der Waals surface area (Å²) < 4.78 is 5.83. The molecule has 7 heteroatoms. The molecule has 2 N–H and O–H groups in total. The molecule has 170 valence electrons. The van der Waals surface area contributed by atoms with Gasteiger partial charge < -0.3 is 25.0 Å². The summed E-state index contributed by atoms with van der Waals surface area (Å²) in [6, 6.07) is 20.6. The first-order valence-electron chi connectivity index (χ1n) is 10.8. The number of ether oxygens (including phenoxy) is 1. The Kier molecular flexibility index (Phi) is 11.1. The van der Waals surface area contributed by atoms with E-state index in [0.29, 0.717) is 6.54 Å². The summed E-state index contributed by atoms with van der Waals surface area (Å²) in [4.78, 5) is 9.33. The van der Waals surface area contributed by atoms with Crippen LogP contribution in [-0.4, -0.2) is 67.9 Å². The van der Waals surface area contributed by atoms with Gasteiger partial charge in [0.05, 0.1) is 25.4 Å². The van der Waals surface area contributed by atoms with Crippen molar-refractivity contribution >= 4 is 35.6 Å². The van der Waals surface area contributed by atoms with Crippen molar-refractivity contribution in [2.45, 2.75) is 26.1 Å². The van der Waals surface area contributed by atoms with Gasteiger partial charge in [-0.1, -0.05) is 48.5 Å². The first-order valence-corrected chi connectivity index (χ1v) is 10.8. The fourth-order valence-corrected chi connectivity index (χ4v) is 3.56. The van der Waals surface area contributed by atoms with Crippen LogP contribution < -0.4 is 10.2 Å². The van der Waals surface area contributed by atoms with Gasteiger partial charge in [0.15, 0.2) is 5.96 Å². The van der Waals surface area contributed by atoms with Crippen LogP contribution in [0.25, 0.3) is 0 Å². The summed E-state index contributed by atoms with van der Waals surface area (Å²) in [7, 11) is 0. The van der Waals surface area contributed by atoms with Crippen molar-refractivity contribution in [1.29, 1.82) is 0 Å². The lowest BCUT2D eigenvalue weighted by Gasteiger charge is -2.37. The van der Waals surface area contributed by atoms with E-state index in [1.54, 1.807) is 0 Å². The van der Waals surface area contributed by atoms with Gasteiger partial charge in [-0.3, -0.25) is 4.99 Å². The summed E-state index contributed by atoms with van der Waals surface area (Å²) in [5.74, 6) is 0.861. The number of rotatable bonds is 8. The van der Waals surface area contributed by atoms with Crippen molar-refractivity contribution < 1.29 is 9.84 Å². The molecule has 0 aromatic heterocycles. The number of halogens is 1. The zero-order chi connectivity index (χ0) is 21.2. The van der Waals surface area contributed by atoms with E-state index in [-0.39, 0.29) is 36.7 Å². The minimum atomic E-state index is -0.629. The third-order valence-electron chi connectivity index (χ3n) is 5.29. The lowest BCUT2D eigenvalue weighted by molar-refractivity contribution is 0.00105. The van der Waals surface area contributed by atoms with Crippen LogP contribution in [0.3, 0.4) is 0 Å². The number of hydrogen-bond donors (Lipinski definition) is 2. The zero-order valence-corrected chi connectivity index (χ0v) is 20.8. The minimum Gasteiger partial charge on any atom is -0.389 e. The molecule has 2 aromatic rings. The highest BCUT2D eigenvalue weighted by Gasteiger charge is 2.20. The van der Waals surface area contributed by atoms with Crippen LogP contribution in [0.4, 0.5) is 5.69 Å². The second-order valence-corrected chi connectivity index (χ2v) is 7.54. The van der Waals surface area contributed by atoms with E-state index < -0.39 is 6.10 Å². The van der Waals surface area contributed by atoms with Crippen molar-refractivity contribution in [2.75, 3.05) is 50.8 Å².